The molecule has 2 aromatic rings. The van der Waals surface area contributed by atoms with E-state index in [4.69, 9.17) is 5.73 Å². The molecule has 2 N–H and O–H groups in total. The average Bonchev–Trinajstić information content (AvgIpc) is 2.37. The van der Waals surface area contributed by atoms with Crippen LogP contribution in [0.5, 0.6) is 0 Å². The van der Waals surface area contributed by atoms with E-state index >= 15 is 0 Å². The standard InChI is InChI=1S/C14H12BrF2NS/c15-10-1-4-13(9(7-10)5-6-18)19-14-8-11(16)2-3-12(14)17/h1-4,7-8H,5-6,18H2. The van der Waals surface area contributed by atoms with Crippen molar-refractivity contribution < 1.29 is 8.78 Å². The third kappa shape index (κ3) is 3.78. The van der Waals surface area contributed by atoms with E-state index in [-0.39, 0.29) is 4.90 Å². The Labute approximate surface area is 123 Å². The Balaban J connectivity index is 2.34. The van der Waals surface area contributed by atoms with Gasteiger partial charge in [0.25, 0.3) is 0 Å². The highest BCUT2D eigenvalue weighted by Crippen LogP contribution is 2.34. The summed E-state index contributed by atoms with van der Waals surface area (Å²) in [5, 5.41) is 0. The average molecular weight is 344 g/mol. The summed E-state index contributed by atoms with van der Waals surface area (Å²) in [7, 11) is 0. The fourth-order valence-corrected chi connectivity index (χ4v) is 3.08. The molecule has 0 radical (unpaired) electrons. The minimum atomic E-state index is -0.443. The zero-order valence-electron chi connectivity index (χ0n) is 10.00. The second-order valence-corrected chi connectivity index (χ2v) is 5.97. The monoisotopic (exact) mass is 343 g/mol. The first-order chi connectivity index (χ1) is 9.10. The van der Waals surface area contributed by atoms with Crippen LogP contribution < -0.4 is 5.73 Å². The van der Waals surface area contributed by atoms with Crippen LogP contribution in [-0.4, -0.2) is 6.54 Å². The van der Waals surface area contributed by atoms with E-state index in [0.717, 1.165) is 27.1 Å². The minimum absolute atomic E-state index is 0.278. The molecule has 0 aliphatic carbocycles. The van der Waals surface area contributed by atoms with Crippen LogP contribution in [0.25, 0.3) is 0 Å². The Bertz CT molecular complexity index is 590. The van der Waals surface area contributed by atoms with Crippen molar-refractivity contribution in [2.75, 3.05) is 6.54 Å². The van der Waals surface area contributed by atoms with E-state index in [1.807, 2.05) is 18.2 Å². The lowest BCUT2D eigenvalue weighted by molar-refractivity contribution is 0.577. The van der Waals surface area contributed by atoms with Crippen molar-refractivity contribution in [2.24, 2.45) is 5.73 Å². The van der Waals surface area contributed by atoms with Gasteiger partial charge in [0.05, 0.1) is 4.90 Å². The molecule has 0 saturated carbocycles. The van der Waals surface area contributed by atoms with Crippen LogP contribution in [0.1, 0.15) is 5.56 Å². The molecule has 2 aromatic carbocycles. The smallest absolute Gasteiger partial charge is 0.137 e. The molecular formula is C14H12BrF2NS. The van der Waals surface area contributed by atoms with Crippen LogP contribution in [0.15, 0.2) is 50.7 Å². The lowest BCUT2D eigenvalue weighted by Crippen LogP contribution is -2.03. The molecule has 19 heavy (non-hydrogen) atoms. The van der Waals surface area contributed by atoms with Gasteiger partial charge in [-0.05, 0) is 54.9 Å². The predicted octanol–water partition coefficient (Wildman–Crippen LogP) is 4.38. The van der Waals surface area contributed by atoms with Gasteiger partial charge in [-0.2, -0.15) is 0 Å². The molecule has 0 fully saturated rings. The second kappa shape index (κ2) is 6.50. The maximum atomic E-state index is 13.6. The SMILES string of the molecule is NCCc1cc(Br)ccc1Sc1cc(F)ccc1F. The summed E-state index contributed by atoms with van der Waals surface area (Å²) in [4.78, 5) is 1.17. The second-order valence-electron chi connectivity index (χ2n) is 3.97. The van der Waals surface area contributed by atoms with Gasteiger partial charge in [-0.25, -0.2) is 8.78 Å². The zero-order chi connectivity index (χ0) is 13.8. The molecule has 0 heterocycles. The number of halogens is 3. The van der Waals surface area contributed by atoms with Gasteiger partial charge in [-0.3, -0.25) is 0 Å². The molecule has 0 atom stereocenters. The lowest BCUT2D eigenvalue weighted by atomic mass is 10.1. The fraction of sp³-hybridized carbons (Fsp3) is 0.143. The topological polar surface area (TPSA) is 26.0 Å². The van der Waals surface area contributed by atoms with Crippen LogP contribution >= 0.6 is 27.7 Å². The lowest BCUT2D eigenvalue weighted by Gasteiger charge is -2.09. The molecule has 5 heteroatoms. The quantitative estimate of drug-likeness (QED) is 0.891. The van der Waals surface area contributed by atoms with Crippen molar-refractivity contribution in [1.82, 2.24) is 0 Å². The molecule has 2 rings (SSSR count). The molecule has 0 bridgehead atoms. The summed E-state index contributed by atoms with van der Waals surface area (Å²) in [5.74, 6) is -0.866. The Morgan fingerprint density at radius 2 is 1.84 bits per heavy atom. The first kappa shape index (κ1) is 14.5. The van der Waals surface area contributed by atoms with Gasteiger partial charge in [0.1, 0.15) is 11.6 Å². The van der Waals surface area contributed by atoms with Crippen LogP contribution in [0.4, 0.5) is 8.78 Å². The Morgan fingerprint density at radius 1 is 1.05 bits per heavy atom. The number of hydrogen-bond acceptors (Lipinski definition) is 2. The van der Waals surface area contributed by atoms with Gasteiger partial charge >= 0.3 is 0 Å². The van der Waals surface area contributed by atoms with Crippen molar-refractivity contribution in [3.8, 4) is 0 Å². The number of hydrogen-bond donors (Lipinski definition) is 1. The zero-order valence-corrected chi connectivity index (χ0v) is 12.4. The Morgan fingerprint density at radius 3 is 2.58 bits per heavy atom. The molecular weight excluding hydrogens is 332 g/mol. The summed E-state index contributed by atoms with van der Waals surface area (Å²) in [5.41, 5.74) is 6.59. The van der Waals surface area contributed by atoms with E-state index < -0.39 is 11.6 Å². The fourth-order valence-electron chi connectivity index (χ4n) is 1.67. The van der Waals surface area contributed by atoms with Crippen molar-refractivity contribution in [3.05, 3.63) is 58.1 Å². The third-order valence-electron chi connectivity index (χ3n) is 2.55. The van der Waals surface area contributed by atoms with E-state index in [9.17, 15) is 8.78 Å². The first-order valence-electron chi connectivity index (χ1n) is 5.71. The summed E-state index contributed by atoms with van der Waals surface area (Å²) < 4.78 is 27.7. The van der Waals surface area contributed by atoms with Crippen LogP contribution in [0.2, 0.25) is 0 Å². The minimum Gasteiger partial charge on any atom is -0.330 e. The molecule has 0 unspecified atom stereocenters. The number of rotatable bonds is 4. The van der Waals surface area contributed by atoms with E-state index in [2.05, 4.69) is 15.9 Å². The van der Waals surface area contributed by atoms with E-state index in [1.54, 1.807) is 0 Å². The van der Waals surface area contributed by atoms with Crippen LogP contribution in [0.3, 0.4) is 0 Å². The number of benzene rings is 2. The van der Waals surface area contributed by atoms with Crippen molar-refractivity contribution in [2.45, 2.75) is 16.2 Å². The summed E-state index contributed by atoms with van der Waals surface area (Å²) in [6.45, 7) is 0.510. The van der Waals surface area contributed by atoms with E-state index in [1.165, 1.54) is 17.8 Å². The summed E-state index contributed by atoms with van der Waals surface area (Å²) in [6.07, 6.45) is 0.693. The highest BCUT2D eigenvalue weighted by molar-refractivity contribution is 9.10. The van der Waals surface area contributed by atoms with Crippen molar-refractivity contribution in [1.29, 1.82) is 0 Å². The Hall–Kier alpha value is -0.910. The molecule has 100 valence electrons. The van der Waals surface area contributed by atoms with Gasteiger partial charge < -0.3 is 5.73 Å². The largest absolute Gasteiger partial charge is 0.330 e. The van der Waals surface area contributed by atoms with Gasteiger partial charge in [0, 0.05) is 9.37 Å². The van der Waals surface area contributed by atoms with Crippen molar-refractivity contribution >= 4 is 27.7 Å². The molecule has 0 amide bonds. The maximum absolute atomic E-state index is 13.6. The summed E-state index contributed by atoms with van der Waals surface area (Å²) >= 11 is 4.61. The molecule has 0 saturated heterocycles. The number of nitrogens with two attached hydrogens (primary N) is 1. The van der Waals surface area contributed by atoms with Gasteiger partial charge in [0.15, 0.2) is 0 Å². The highest BCUT2D eigenvalue weighted by Gasteiger charge is 2.09. The van der Waals surface area contributed by atoms with E-state index in [0.29, 0.717) is 13.0 Å². The van der Waals surface area contributed by atoms with Gasteiger partial charge in [-0.1, -0.05) is 27.7 Å². The van der Waals surface area contributed by atoms with Gasteiger partial charge in [-0.15, -0.1) is 0 Å². The molecule has 0 aliphatic heterocycles. The molecule has 0 aliphatic rings. The highest BCUT2D eigenvalue weighted by atomic mass is 79.9. The maximum Gasteiger partial charge on any atom is 0.137 e. The predicted molar refractivity (Wildman–Crippen MR) is 77.4 cm³/mol. The first-order valence-corrected chi connectivity index (χ1v) is 7.32. The molecule has 0 aromatic heterocycles. The van der Waals surface area contributed by atoms with Crippen LogP contribution in [0, 0.1) is 11.6 Å². The third-order valence-corrected chi connectivity index (χ3v) is 4.19. The summed E-state index contributed by atoms with van der Waals surface area (Å²) in [6, 6.07) is 9.16. The van der Waals surface area contributed by atoms with Crippen molar-refractivity contribution in [3.63, 3.8) is 0 Å². The molecule has 1 nitrogen and oxygen atoms in total. The normalized spacial score (nSPS) is 10.7. The van der Waals surface area contributed by atoms with Crippen LogP contribution in [-0.2, 0) is 6.42 Å². The van der Waals surface area contributed by atoms with Gasteiger partial charge in [0.2, 0.25) is 0 Å². The Kier molecular flexibility index (Phi) is 4.96. The molecule has 0 spiro atoms.